The molecule has 0 saturated heterocycles. The van der Waals surface area contributed by atoms with Crippen molar-refractivity contribution in [3.05, 3.63) is 47.3 Å². The molecule has 0 radical (unpaired) electrons. The Morgan fingerprint density at radius 2 is 2.04 bits per heavy atom. The number of anilines is 2. The summed E-state index contributed by atoms with van der Waals surface area (Å²) in [5.41, 5.74) is 10.3. The molecular formula is C19H25N5O. The van der Waals surface area contributed by atoms with Crippen molar-refractivity contribution in [2.75, 3.05) is 24.3 Å². The standard InChI is InChI=1S/C19H25N5O/c1-13-6-4-7-14(10-13)12-23(2)17-11-15-18(19(20)22-17)21-16(24(15)3)8-5-9-25/h4,6-7,10-11,25H,5,8-9,12H2,1-3H3,(H2,20,22). The summed E-state index contributed by atoms with van der Waals surface area (Å²) < 4.78 is 2.03. The zero-order chi connectivity index (χ0) is 18.0. The molecule has 2 heterocycles. The maximum atomic E-state index is 9.04. The van der Waals surface area contributed by atoms with Crippen LogP contribution in [0.1, 0.15) is 23.4 Å². The zero-order valence-corrected chi connectivity index (χ0v) is 15.0. The van der Waals surface area contributed by atoms with Gasteiger partial charge in [-0.2, -0.15) is 0 Å². The first kappa shape index (κ1) is 17.2. The summed E-state index contributed by atoms with van der Waals surface area (Å²) in [6.07, 6.45) is 1.40. The molecule has 0 aliphatic carbocycles. The van der Waals surface area contributed by atoms with Crippen LogP contribution in [0.4, 0.5) is 11.6 Å². The summed E-state index contributed by atoms with van der Waals surface area (Å²) in [5.74, 6) is 2.17. The van der Waals surface area contributed by atoms with Crippen LogP contribution in [-0.2, 0) is 20.0 Å². The van der Waals surface area contributed by atoms with Gasteiger partial charge in [-0.1, -0.05) is 29.8 Å². The van der Waals surface area contributed by atoms with Crippen molar-refractivity contribution >= 4 is 22.7 Å². The Morgan fingerprint density at radius 1 is 1.24 bits per heavy atom. The molecule has 0 aliphatic heterocycles. The van der Waals surface area contributed by atoms with E-state index >= 15 is 0 Å². The minimum Gasteiger partial charge on any atom is -0.396 e. The molecule has 25 heavy (non-hydrogen) atoms. The SMILES string of the molecule is Cc1cccc(CN(C)c2cc3c(nc(CCCO)n3C)c(N)n2)c1. The molecule has 0 atom stereocenters. The van der Waals surface area contributed by atoms with E-state index in [0.717, 1.165) is 35.6 Å². The van der Waals surface area contributed by atoms with Gasteiger partial charge in [0.15, 0.2) is 5.82 Å². The maximum absolute atomic E-state index is 9.04. The molecule has 0 fully saturated rings. The lowest BCUT2D eigenvalue weighted by atomic mass is 10.1. The Bertz CT molecular complexity index is 887. The molecule has 3 rings (SSSR count). The van der Waals surface area contributed by atoms with Crippen molar-refractivity contribution in [2.24, 2.45) is 7.05 Å². The average molecular weight is 339 g/mol. The summed E-state index contributed by atoms with van der Waals surface area (Å²) in [6.45, 7) is 3.01. The lowest BCUT2D eigenvalue weighted by Crippen LogP contribution is -2.18. The highest BCUT2D eigenvalue weighted by molar-refractivity contribution is 5.88. The summed E-state index contributed by atoms with van der Waals surface area (Å²) in [7, 11) is 3.99. The number of aliphatic hydroxyl groups excluding tert-OH is 1. The van der Waals surface area contributed by atoms with Crippen molar-refractivity contribution in [3.8, 4) is 0 Å². The third-order valence-corrected chi connectivity index (χ3v) is 4.43. The predicted octanol–water partition coefficient (Wildman–Crippen LogP) is 2.42. The Labute approximate surface area is 147 Å². The van der Waals surface area contributed by atoms with Gasteiger partial charge in [0.25, 0.3) is 0 Å². The van der Waals surface area contributed by atoms with E-state index in [1.54, 1.807) is 0 Å². The fraction of sp³-hybridized carbons (Fsp3) is 0.368. The van der Waals surface area contributed by atoms with Gasteiger partial charge in [0.1, 0.15) is 17.2 Å². The predicted molar refractivity (Wildman–Crippen MR) is 102 cm³/mol. The second-order valence-electron chi connectivity index (χ2n) is 6.49. The molecule has 3 N–H and O–H groups in total. The van der Waals surface area contributed by atoms with Gasteiger partial charge in [-0.3, -0.25) is 0 Å². The topological polar surface area (TPSA) is 80.2 Å². The van der Waals surface area contributed by atoms with E-state index in [2.05, 4.69) is 46.1 Å². The molecule has 0 bridgehead atoms. The number of aliphatic hydroxyl groups is 1. The molecular weight excluding hydrogens is 314 g/mol. The molecule has 0 aliphatic rings. The lowest BCUT2D eigenvalue weighted by molar-refractivity contribution is 0.287. The minimum atomic E-state index is 0.154. The monoisotopic (exact) mass is 339 g/mol. The third kappa shape index (κ3) is 3.58. The molecule has 3 aromatic rings. The molecule has 1 aromatic carbocycles. The Balaban J connectivity index is 1.92. The number of aryl methyl sites for hydroxylation is 3. The van der Waals surface area contributed by atoms with E-state index in [-0.39, 0.29) is 6.61 Å². The third-order valence-electron chi connectivity index (χ3n) is 4.43. The fourth-order valence-corrected chi connectivity index (χ4v) is 3.07. The first-order chi connectivity index (χ1) is 12.0. The maximum Gasteiger partial charge on any atom is 0.154 e. The van der Waals surface area contributed by atoms with Crippen LogP contribution >= 0.6 is 0 Å². The first-order valence-corrected chi connectivity index (χ1v) is 8.49. The molecule has 0 unspecified atom stereocenters. The summed E-state index contributed by atoms with van der Waals surface area (Å²) >= 11 is 0. The molecule has 6 heteroatoms. The van der Waals surface area contributed by atoms with Crippen LogP contribution in [0, 0.1) is 6.92 Å². The van der Waals surface area contributed by atoms with Crippen molar-refractivity contribution in [2.45, 2.75) is 26.3 Å². The molecule has 132 valence electrons. The van der Waals surface area contributed by atoms with E-state index < -0.39 is 0 Å². The van der Waals surface area contributed by atoms with Gasteiger partial charge in [0.2, 0.25) is 0 Å². The highest BCUT2D eigenvalue weighted by Gasteiger charge is 2.14. The smallest absolute Gasteiger partial charge is 0.154 e. The number of aromatic nitrogens is 3. The van der Waals surface area contributed by atoms with Crippen LogP contribution in [-0.4, -0.2) is 33.3 Å². The molecule has 6 nitrogen and oxygen atoms in total. The first-order valence-electron chi connectivity index (χ1n) is 8.49. The minimum absolute atomic E-state index is 0.154. The van der Waals surface area contributed by atoms with Crippen LogP contribution in [0.2, 0.25) is 0 Å². The van der Waals surface area contributed by atoms with Gasteiger partial charge >= 0.3 is 0 Å². The number of benzene rings is 1. The zero-order valence-electron chi connectivity index (χ0n) is 15.0. The molecule has 0 spiro atoms. The highest BCUT2D eigenvalue weighted by atomic mass is 16.2. The van der Waals surface area contributed by atoms with Gasteiger partial charge in [-0.25, -0.2) is 9.97 Å². The Hall–Kier alpha value is -2.60. The number of nitrogens with two attached hydrogens (primary N) is 1. The van der Waals surface area contributed by atoms with Gasteiger partial charge in [0.05, 0.1) is 5.52 Å². The Kier molecular flexibility index (Phi) is 4.90. The normalized spacial score (nSPS) is 11.2. The number of imidazole rings is 1. The van der Waals surface area contributed by atoms with Crippen LogP contribution in [0.5, 0.6) is 0 Å². The largest absolute Gasteiger partial charge is 0.396 e. The van der Waals surface area contributed by atoms with Gasteiger partial charge < -0.3 is 20.3 Å². The fourth-order valence-electron chi connectivity index (χ4n) is 3.07. The number of hydrogen-bond acceptors (Lipinski definition) is 5. The highest BCUT2D eigenvalue weighted by Crippen LogP contribution is 2.25. The van der Waals surface area contributed by atoms with E-state index in [1.807, 2.05) is 24.7 Å². The van der Waals surface area contributed by atoms with E-state index in [9.17, 15) is 0 Å². The second kappa shape index (κ2) is 7.11. The van der Waals surface area contributed by atoms with Gasteiger partial charge in [0, 0.05) is 39.7 Å². The Morgan fingerprint density at radius 3 is 2.76 bits per heavy atom. The molecule has 0 amide bonds. The number of fused-ring (bicyclic) bond motifs is 1. The summed E-state index contributed by atoms with van der Waals surface area (Å²) in [5, 5.41) is 9.04. The van der Waals surface area contributed by atoms with E-state index in [1.165, 1.54) is 11.1 Å². The number of nitrogens with zero attached hydrogens (tertiary/aromatic N) is 4. The van der Waals surface area contributed by atoms with Gasteiger partial charge in [-0.05, 0) is 18.9 Å². The van der Waals surface area contributed by atoms with Crippen LogP contribution < -0.4 is 10.6 Å². The van der Waals surface area contributed by atoms with E-state index in [0.29, 0.717) is 12.2 Å². The van der Waals surface area contributed by atoms with Crippen molar-refractivity contribution in [1.29, 1.82) is 0 Å². The number of rotatable bonds is 6. The summed E-state index contributed by atoms with van der Waals surface area (Å²) in [6, 6.07) is 10.5. The number of nitrogen functional groups attached to an aromatic ring is 1. The van der Waals surface area contributed by atoms with E-state index in [4.69, 9.17) is 10.8 Å². The van der Waals surface area contributed by atoms with Crippen LogP contribution in [0.15, 0.2) is 30.3 Å². The molecule has 0 saturated carbocycles. The number of hydrogen-bond donors (Lipinski definition) is 2. The second-order valence-corrected chi connectivity index (χ2v) is 6.49. The van der Waals surface area contributed by atoms with Crippen molar-refractivity contribution < 1.29 is 5.11 Å². The average Bonchev–Trinajstić information content (AvgIpc) is 2.90. The quantitative estimate of drug-likeness (QED) is 0.721. The lowest BCUT2D eigenvalue weighted by Gasteiger charge is -2.19. The van der Waals surface area contributed by atoms with Crippen molar-refractivity contribution in [1.82, 2.24) is 14.5 Å². The van der Waals surface area contributed by atoms with Crippen LogP contribution in [0.3, 0.4) is 0 Å². The van der Waals surface area contributed by atoms with Crippen molar-refractivity contribution in [3.63, 3.8) is 0 Å². The molecule has 2 aromatic heterocycles. The number of pyridine rings is 1. The van der Waals surface area contributed by atoms with Gasteiger partial charge in [-0.15, -0.1) is 0 Å². The van der Waals surface area contributed by atoms with Crippen LogP contribution in [0.25, 0.3) is 11.0 Å². The summed E-state index contributed by atoms with van der Waals surface area (Å²) in [4.78, 5) is 11.2.